The van der Waals surface area contributed by atoms with E-state index in [-0.39, 0.29) is 17.4 Å². The molecular weight excluding hydrogens is 352 g/mol. The van der Waals surface area contributed by atoms with Crippen LogP contribution in [0, 0.1) is 13.8 Å². The van der Waals surface area contributed by atoms with Crippen LogP contribution < -0.4 is 4.31 Å². The number of anilines is 1. The van der Waals surface area contributed by atoms with Gasteiger partial charge in [-0.25, -0.2) is 12.7 Å². The highest BCUT2D eigenvalue weighted by molar-refractivity contribution is 7.93. The molecule has 3 aromatic rings. The SMILES string of the molecule is COCN(c1noc(C)c1C)S(=O)(=O)c1ccccc1-c1ccccc1. The maximum Gasteiger partial charge on any atom is 0.268 e. The Morgan fingerprint density at radius 2 is 1.69 bits per heavy atom. The van der Waals surface area contributed by atoms with Crippen molar-refractivity contribution in [2.45, 2.75) is 18.7 Å². The van der Waals surface area contributed by atoms with E-state index in [9.17, 15) is 8.42 Å². The van der Waals surface area contributed by atoms with Crippen LogP contribution >= 0.6 is 0 Å². The summed E-state index contributed by atoms with van der Waals surface area (Å²) in [6.45, 7) is 3.34. The Kier molecular flexibility index (Phi) is 5.11. The Hall–Kier alpha value is -2.64. The van der Waals surface area contributed by atoms with Crippen LogP contribution in [-0.4, -0.2) is 27.4 Å². The van der Waals surface area contributed by atoms with Crippen molar-refractivity contribution in [1.29, 1.82) is 0 Å². The number of aryl methyl sites for hydroxylation is 1. The fourth-order valence-corrected chi connectivity index (χ4v) is 4.26. The Balaban J connectivity index is 2.17. The van der Waals surface area contributed by atoms with Gasteiger partial charge in [-0.15, -0.1) is 0 Å². The number of hydrogen-bond donors (Lipinski definition) is 0. The minimum absolute atomic E-state index is 0.168. The van der Waals surface area contributed by atoms with Crippen LogP contribution in [0.4, 0.5) is 5.82 Å². The smallest absolute Gasteiger partial charge is 0.268 e. The average molecular weight is 372 g/mol. The summed E-state index contributed by atoms with van der Waals surface area (Å²) in [7, 11) is -2.48. The third-order valence-corrected chi connectivity index (χ3v) is 5.93. The summed E-state index contributed by atoms with van der Waals surface area (Å²) in [4.78, 5) is 0.184. The molecule has 7 heteroatoms. The van der Waals surface area contributed by atoms with Crippen LogP contribution in [0.3, 0.4) is 0 Å². The Labute approximate surface area is 153 Å². The van der Waals surface area contributed by atoms with Gasteiger partial charge in [-0.3, -0.25) is 0 Å². The zero-order valence-electron chi connectivity index (χ0n) is 14.8. The molecule has 136 valence electrons. The lowest BCUT2D eigenvalue weighted by Crippen LogP contribution is -2.34. The molecule has 0 saturated carbocycles. The lowest BCUT2D eigenvalue weighted by molar-refractivity contribution is 0.208. The highest BCUT2D eigenvalue weighted by Gasteiger charge is 2.31. The van der Waals surface area contributed by atoms with Gasteiger partial charge < -0.3 is 9.26 Å². The van der Waals surface area contributed by atoms with Gasteiger partial charge in [0.2, 0.25) is 0 Å². The van der Waals surface area contributed by atoms with Crippen LogP contribution in [-0.2, 0) is 14.8 Å². The zero-order valence-corrected chi connectivity index (χ0v) is 15.7. The van der Waals surface area contributed by atoms with Gasteiger partial charge in [0.05, 0.1) is 4.90 Å². The molecule has 26 heavy (non-hydrogen) atoms. The van der Waals surface area contributed by atoms with E-state index in [1.165, 1.54) is 7.11 Å². The molecule has 0 amide bonds. The Morgan fingerprint density at radius 3 is 2.31 bits per heavy atom. The van der Waals surface area contributed by atoms with Gasteiger partial charge in [-0.2, -0.15) is 0 Å². The normalized spacial score (nSPS) is 11.5. The van der Waals surface area contributed by atoms with Crippen molar-refractivity contribution in [3.63, 3.8) is 0 Å². The first kappa shape index (κ1) is 18.2. The Bertz CT molecular complexity index is 997. The highest BCUT2D eigenvalue weighted by Crippen LogP contribution is 2.32. The van der Waals surface area contributed by atoms with E-state index in [2.05, 4.69) is 5.16 Å². The van der Waals surface area contributed by atoms with E-state index in [0.29, 0.717) is 16.9 Å². The summed E-state index contributed by atoms with van der Waals surface area (Å²) in [5.74, 6) is 0.792. The minimum atomic E-state index is -3.92. The number of ether oxygens (including phenoxy) is 1. The number of nitrogens with zero attached hydrogens (tertiary/aromatic N) is 2. The predicted octanol–water partition coefficient (Wildman–Crippen LogP) is 3.76. The first-order valence-electron chi connectivity index (χ1n) is 8.06. The molecule has 0 unspecified atom stereocenters. The number of rotatable bonds is 6. The molecule has 2 aromatic carbocycles. The van der Waals surface area contributed by atoms with E-state index in [4.69, 9.17) is 9.26 Å². The summed E-state index contributed by atoms with van der Waals surface area (Å²) in [5.41, 5.74) is 2.09. The van der Waals surface area contributed by atoms with E-state index in [1.54, 1.807) is 32.0 Å². The van der Waals surface area contributed by atoms with Crippen molar-refractivity contribution >= 4 is 15.8 Å². The van der Waals surface area contributed by atoms with E-state index >= 15 is 0 Å². The molecule has 0 aliphatic carbocycles. The van der Waals surface area contributed by atoms with E-state index in [0.717, 1.165) is 9.87 Å². The summed E-state index contributed by atoms with van der Waals surface area (Å²) < 4.78 is 38.3. The maximum absolute atomic E-state index is 13.4. The third kappa shape index (κ3) is 3.23. The molecule has 3 rings (SSSR count). The van der Waals surface area contributed by atoms with Gasteiger partial charge in [-0.1, -0.05) is 53.7 Å². The molecule has 0 aliphatic rings. The van der Waals surface area contributed by atoms with Gasteiger partial charge in [0, 0.05) is 18.2 Å². The molecule has 0 radical (unpaired) electrons. The van der Waals surface area contributed by atoms with Gasteiger partial charge >= 0.3 is 0 Å². The molecule has 1 heterocycles. The Morgan fingerprint density at radius 1 is 1.04 bits per heavy atom. The van der Waals surface area contributed by atoms with E-state index in [1.807, 2.05) is 36.4 Å². The van der Waals surface area contributed by atoms with Gasteiger partial charge in [0.1, 0.15) is 12.5 Å². The van der Waals surface area contributed by atoms with Crippen LogP contribution in [0.15, 0.2) is 64.0 Å². The largest absolute Gasteiger partial charge is 0.363 e. The van der Waals surface area contributed by atoms with Crippen LogP contribution in [0.2, 0.25) is 0 Å². The average Bonchev–Trinajstić information content (AvgIpc) is 2.99. The highest BCUT2D eigenvalue weighted by atomic mass is 32.2. The van der Waals surface area contributed by atoms with Crippen LogP contribution in [0.25, 0.3) is 11.1 Å². The second kappa shape index (κ2) is 7.31. The lowest BCUT2D eigenvalue weighted by atomic mass is 10.1. The molecular formula is C19H20N2O4S. The summed E-state index contributed by atoms with van der Waals surface area (Å²) in [5, 5.41) is 3.92. The van der Waals surface area contributed by atoms with Gasteiger partial charge in [-0.05, 0) is 25.5 Å². The number of sulfonamides is 1. The summed E-state index contributed by atoms with van der Waals surface area (Å²) >= 11 is 0. The fourth-order valence-electron chi connectivity index (χ4n) is 2.67. The molecule has 1 aromatic heterocycles. The number of aromatic nitrogens is 1. The van der Waals surface area contributed by atoms with Gasteiger partial charge in [0.25, 0.3) is 10.0 Å². The predicted molar refractivity (Wildman–Crippen MR) is 99.4 cm³/mol. The molecule has 0 spiro atoms. The molecule has 0 bridgehead atoms. The molecule has 6 nitrogen and oxygen atoms in total. The fraction of sp³-hybridized carbons (Fsp3) is 0.211. The minimum Gasteiger partial charge on any atom is -0.363 e. The number of methoxy groups -OCH3 is 1. The standard InChI is InChI=1S/C19H20N2O4S/c1-14-15(2)25-20-19(14)21(13-24-3)26(22,23)18-12-8-7-11-17(18)16-9-5-4-6-10-16/h4-12H,13H2,1-3H3. The second-order valence-corrected chi connectivity index (χ2v) is 7.65. The van der Waals surface area contributed by atoms with Crippen molar-refractivity contribution < 1.29 is 17.7 Å². The van der Waals surface area contributed by atoms with Crippen molar-refractivity contribution in [2.75, 3.05) is 18.1 Å². The molecule has 0 atom stereocenters. The van der Waals surface area contributed by atoms with Crippen LogP contribution in [0.1, 0.15) is 11.3 Å². The third-order valence-electron chi connectivity index (χ3n) is 4.16. The summed E-state index contributed by atoms with van der Waals surface area (Å²) in [6, 6.07) is 16.3. The molecule has 0 N–H and O–H groups in total. The summed E-state index contributed by atoms with van der Waals surface area (Å²) in [6.07, 6.45) is 0. The first-order valence-corrected chi connectivity index (χ1v) is 9.50. The number of hydrogen-bond acceptors (Lipinski definition) is 5. The molecule has 0 aliphatic heterocycles. The molecule has 0 saturated heterocycles. The van der Waals surface area contributed by atoms with Gasteiger partial charge in [0.15, 0.2) is 5.82 Å². The topological polar surface area (TPSA) is 72.6 Å². The second-order valence-electron chi connectivity index (χ2n) is 5.82. The maximum atomic E-state index is 13.4. The van der Waals surface area contributed by atoms with Crippen molar-refractivity contribution in [2.24, 2.45) is 0 Å². The monoisotopic (exact) mass is 372 g/mol. The number of benzene rings is 2. The van der Waals surface area contributed by atoms with Crippen molar-refractivity contribution in [3.05, 3.63) is 65.9 Å². The van der Waals surface area contributed by atoms with Crippen molar-refractivity contribution in [3.8, 4) is 11.1 Å². The quantitative estimate of drug-likeness (QED) is 0.616. The molecule has 0 fully saturated rings. The van der Waals surface area contributed by atoms with E-state index < -0.39 is 10.0 Å². The van der Waals surface area contributed by atoms with Crippen molar-refractivity contribution in [1.82, 2.24) is 5.16 Å². The zero-order chi connectivity index (χ0) is 18.7. The lowest BCUT2D eigenvalue weighted by Gasteiger charge is -2.23. The first-order chi connectivity index (χ1) is 12.5. The van der Waals surface area contributed by atoms with Crippen LogP contribution in [0.5, 0.6) is 0 Å².